The van der Waals surface area contributed by atoms with Gasteiger partial charge in [0.2, 0.25) is 15.9 Å². The van der Waals surface area contributed by atoms with Gasteiger partial charge in [0, 0.05) is 38.2 Å². The van der Waals surface area contributed by atoms with Crippen molar-refractivity contribution in [2.45, 2.75) is 43.0 Å². The van der Waals surface area contributed by atoms with Gasteiger partial charge in [-0.1, -0.05) is 60.7 Å². The number of hydrogen-bond acceptors (Lipinski definition) is 8. The topological polar surface area (TPSA) is 128 Å². The number of anilines is 1. The summed E-state index contributed by atoms with van der Waals surface area (Å²) in [5.74, 6) is -0.131. The fraction of sp³-hybridized carbons (Fsp3) is 0.441. The first-order chi connectivity index (χ1) is 21.9. The van der Waals surface area contributed by atoms with Gasteiger partial charge in [0.1, 0.15) is 5.69 Å². The van der Waals surface area contributed by atoms with E-state index in [1.807, 2.05) is 88.9 Å². The quantitative estimate of drug-likeness (QED) is 0.137. The highest BCUT2D eigenvalue weighted by molar-refractivity contribution is 7.89. The molecule has 1 amide bonds. The first kappa shape index (κ1) is 36.6. The van der Waals surface area contributed by atoms with Crippen molar-refractivity contribution in [1.82, 2.24) is 19.4 Å². The van der Waals surface area contributed by atoms with Crippen molar-refractivity contribution in [3.05, 3.63) is 100 Å². The van der Waals surface area contributed by atoms with Crippen molar-refractivity contribution in [2.24, 2.45) is 0 Å². The van der Waals surface area contributed by atoms with E-state index in [0.29, 0.717) is 25.9 Å². The molecular weight excluding hydrogens is 604 g/mol. The smallest absolute Gasteiger partial charge is 0.293 e. The number of carbonyl (C=O) groups is 1. The van der Waals surface area contributed by atoms with Crippen molar-refractivity contribution in [3.63, 3.8) is 0 Å². The summed E-state index contributed by atoms with van der Waals surface area (Å²) in [6, 6.07) is 23.4. The lowest BCUT2D eigenvalue weighted by atomic mass is 9.98. The summed E-state index contributed by atoms with van der Waals surface area (Å²) in [6.45, 7) is 2.75. The number of benzene rings is 3. The van der Waals surface area contributed by atoms with Crippen molar-refractivity contribution >= 4 is 27.3 Å². The van der Waals surface area contributed by atoms with E-state index in [9.17, 15) is 23.3 Å². The maximum Gasteiger partial charge on any atom is 0.293 e. The molecule has 0 saturated heterocycles. The van der Waals surface area contributed by atoms with Gasteiger partial charge in [-0.05, 0) is 90.2 Å². The average molecular weight is 653 g/mol. The Morgan fingerprint density at radius 1 is 0.804 bits per heavy atom. The van der Waals surface area contributed by atoms with Crippen LogP contribution in [0.5, 0.6) is 0 Å². The molecule has 250 valence electrons. The maximum absolute atomic E-state index is 13.2. The summed E-state index contributed by atoms with van der Waals surface area (Å²) in [5.41, 5.74) is 2.05. The Morgan fingerprint density at radius 3 is 1.80 bits per heavy atom. The number of nitrogens with one attached hydrogen (secondary N) is 2. The van der Waals surface area contributed by atoms with Gasteiger partial charge in [0.25, 0.3) is 5.69 Å². The molecule has 12 heteroatoms. The summed E-state index contributed by atoms with van der Waals surface area (Å²) >= 11 is 0. The second-order valence-corrected chi connectivity index (χ2v) is 13.8. The summed E-state index contributed by atoms with van der Waals surface area (Å²) in [5, 5.41) is 15.4. The van der Waals surface area contributed by atoms with Gasteiger partial charge < -0.3 is 20.0 Å². The molecule has 0 atom stereocenters. The molecule has 0 heterocycles. The number of nitro groups is 1. The molecule has 0 aromatic heterocycles. The molecule has 0 aliphatic heterocycles. The number of nitro benzene ring substituents is 1. The molecule has 3 aromatic carbocycles. The molecule has 2 N–H and O–H groups in total. The Labute approximate surface area is 273 Å². The van der Waals surface area contributed by atoms with Gasteiger partial charge in [0.05, 0.1) is 9.82 Å². The number of carbonyl (C=O) groups excluding carboxylic acids is 1. The molecule has 3 aromatic rings. The Hall–Kier alpha value is -3.84. The minimum absolute atomic E-state index is 0.00839. The van der Waals surface area contributed by atoms with Crippen LogP contribution >= 0.6 is 0 Å². The average Bonchev–Trinajstić information content (AvgIpc) is 3.01. The fourth-order valence-corrected chi connectivity index (χ4v) is 6.25. The minimum Gasteiger partial charge on any atom is -0.376 e. The molecular formula is C34H48N6O5S. The normalized spacial score (nSPS) is 11.7. The molecule has 0 unspecified atom stereocenters. The largest absolute Gasteiger partial charge is 0.376 e. The lowest BCUT2D eigenvalue weighted by Gasteiger charge is -2.24. The fourth-order valence-electron chi connectivity index (χ4n) is 5.19. The number of sulfonamides is 1. The second kappa shape index (κ2) is 18.3. The Kier molecular flexibility index (Phi) is 14.6. The van der Waals surface area contributed by atoms with Gasteiger partial charge in [-0.3, -0.25) is 14.9 Å². The Morgan fingerprint density at radius 2 is 1.33 bits per heavy atom. The summed E-state index contributed by atoms with van der Waals surface area (Å²) in [6.07, 6.45) is 2.85. The molecule has 0 spiro atoms. The van der Waals surface area contributed by atoms with E-state index in [0.717, 1.165) is 43.1 Å². The van der Waals surface area contributed by atoms with Crippen LogP contribution in [0.3, 0.4) is 0 Å². The van der Waals surface area contributed by atoms with Gasteiger partial charge in [-0.25, -0.2) is 13.1 Å². The molecule has 46 heavy (non-hydrogen) atoms. The molecule has 11 nitrogen and oxygen atoms in total. The van der Waals surface area contributed by atoms with E-state index >= 15 is 0 Å². The predicted octanol–water partition coefficient (Wildman–Crippen LogP) is 4.26. The standard InChI is InChI=1S/C34H48N6O5S/c1-37(2)21-11-23-39(24-12-22-38(3)4)34(41)19-20-35-46(44,45)31-17-18-32(33(27-31)40(42)43)36-30(25-28-13-7-5-8-14-28)26-29-15-9-6-10-16-29/h5-10,13-18,27,30,35-36H,11-12,19-26H2,1-4H3. The van der Waals surface area contributed by atoms with E-state index in [1.165, 1.54) is 12.1 Å². The van der Waals surface area contributed by atoms with Crippen molar-refractivity contribution in [1.29, 1.82) is 0 Å². The van der Waals surface area contributed by atoms with Crippen LogP contribution in [0.25, 0.3) is 0 Å². The molecule has 0 bridgehead atoms. The van der Waals surface area contributed by atoms with Gasteiger partial charge in [0.15, 0.2) is 0 Å². The van der Waals surface area contributed by atoms with Gasteiger partial charge in [-0.2, -0.15) is 0 Å². The lowest BCUT2D eigenvalue weighted by Crippen LogP contribution is -2.37. The van der Waals surface area contributed by atoms with Crippen molar-refractivity contribution in [3.8, 4) is 0 Å². The van der Waals surface area contributed by atoms with Crippen LogP contribution in [0.1, 0.15) is 30.4 Å². The van der Waals surface area contributed by atoms with E-state index in [4.69, 9.17) is 0 Å². The van der Waals surface area contributed by atoms with E-state index in [2.05, 4.69) is 19.8 Å². The third kappa shape index (κ3) is 12.5. The highest BCUT2D eigenvalue weighted by atomic mass is 32.2. The van der Waals surface area contributed by atoms with Crippen LogP contribution in [0.4, 0.5) is 11.4 Å². The number of nitrogens with zero attached hydrogens (tertiary/aromatic N) is 4. The van der Waals surface area contributed by atoms with Crippen LogP contribution < -0.4 is 10.0 Å². The zero-order valence-electron chi connectivity index (χ0n) is 27.4. The summed E-state index contributed by atoms with van der Waals surface area (Å²) in [7, 11) is 3.82. The second-order valence-electron chi connectivity index (χ2n) is 12.0. The number of rotatable bonds is 20. The van der Waals surface area contributed by atoms with Crippen molar-refractivity contribution in [2.75, 3.05) is 66.2 Å². The Bertz CT molecular complexity index is 1430. The highest BCUT2D eigenvalue weighted by Crippen LogP contribution is 2.29. The molecule has 0 fully saturated rings. The predicted molar refractivity (Wildman–Crippen MR) is 184 cm³/mol. The first-order valence-corrected chi connectivity index (χ1v) is 17.1. The van der Waals surface area contributed by atoms with E-state index in [-0.39, 0.29) is 41.2 Å². The zero-order chi connectivity index (χ0) is 33.5. The first-order valence-electron chi connectivity index (χ1n) is 15.6. The number of hydrogen-bond donors (Lipinski definition) is 2. The summed E-state index contributed by atoms with van der Waals surface area (Å²) < 4.78 is 28.8. The third-order valence-corrected chi connectivity index (χ3v) is 8.99. The lowest BCUT2D eigenvalue weighted by molar-refractivity contribution is -0.384. The van der Waals surface area contributed by atoms with Crippen LogP contribution in [0, 0.1) is 10.1 Å². The van der Waals surface area contributed by atoms with Crippen LogP contribution in [0.2, 0.25) is 0 Å². The van der Waals surface area contributed by atoms with Gasteiger partial charge >= 0.3 is 0 Å². The molecule has 0 aliphatic carbocycles. The Balaban J connectivity index is 1.70. The summed E-state index contributed by atoms with van der Waals surface area (Å²) in [4.78, 5) is 30.3. The monoisotopic (exact) mass is 652 g/mol. The third-order valence-electron chi connectivity index (χ3n) is 7.54. The minimum atomic E-state index is -4.10. The van der Waals surface area contributed by atoms with Gasteiger partial charge in [-0.15, -0.1) is 0 Å². The molecule has 0 saturated carbocycles. The van der Waals surface area contributed by atoms with E-state index in [1.54, 1.807) is 4.90 Å². The molecule has 3 rings (SSSR count). The highest BCUT2D eigenvalue weighted by Gasteiger charge is 2.24. The van der Waals surface area contributed by atoms with Crippen LogP contribution in [-0.2, 0) is 27.7 Å². The molecule has 0 aliphatic rings. The van der Waals surface area contributed by atoms with E-state index < -0.39 is 14.9 Å². The van der Waals surface area contributed by atoms with Crippen molar-refractivity contribution < 1.29 is 18.1 Å². The van der Waals surface area contributed by atoms with Crippen LogP contribution in [-0.4, -0.2) is 101 Å². The maximum atomic E-state index is 13.2. The molecule has 0 radical (unpaired) electrons. The SMILES string of the molecule is CN(C)CCCN(CCCN(C)C)C(=O)CCNS(=O)(=O)c1ccc(NC(Cc2ccccc2)Cc2ccccc2)c([N+](=O)[O-])c1. The number of amides is 1. The van der Waals surface area contributed by atoms with Crippen LogP contribution in [0.15, 0.2) is 83.8 Å². The zero-order valence-corrected chi connectivity index (χ0v) is 28.2.